The van der Waals surface area contributed by atoms with E-state index >= 15 is 0 Å². The van der Waals surface area contributed by atoms with Crippen LogP contribution in [0.4, 0.5) is 28.9 Å². The minimum atomic E-state index is -4.82. The van der Waals surface area contributed by atoms with Crippen LogP contribution in [0.2, 0.25) is 0 Å². The summed E-state index contributed by atoms with van der Waals surface area (Å²) in [6, 6.07) is 8.56. The zero-order valence-corrected chi connectivity index (χ0v) is 15.6. The SMILES string of the molecule is Cc1ccc(/C=N\NC(=O)C(=O)Nc2ccccc2OC(F)(F)C(F)F)cc1[N+](=O)[O-]. The quantitative estimate of drug-likeness (QED) is 0.224. The first-order valence-electron chi connectivity index (χ1n) is 8.34. The molecule has 0 bridgehead atoms. The number of benzene rings is 2. The van der Waals surface area contributed by atoms with Gasteiger partial charge in [0.2, 0.25) is 0 Å². The molecule has 2 N–H and O–H groups in total. The fourth-order valence-corrected chi connectivity index (χ4v) is 2.15. The Labute approximate surface area is 171 Å². The lowest BCUT2D eigenvalue weighted by molar-refractivity contribution is -0.385. The molecule has 0 aliphatic carbocycles. The van der Waals surface area contributed by atoms with Gasteiger partial charge in [0.1, 0.15) is 5.75 Å². The van der Waals surface area contributed by atoms with E-state index in [0.717, 1.165) is 18.3 Å². The molecule has 31 heavy (non-hydrogen) atoms. The predicted octanol–water partition coefficient (Wildman–Crippen LogP) is 3.23. The lowest BCUT2D eigenvalue weighted by Crippen LogP contribution is -2.35. The summed E-state index contributed by atoms with van der Waals surface area (Å²) in [6.45, 7) is 1.53. The van der Waals surface area contributed by atoms with E-state index in [0.29, 0.717) is 5.56 Å². The Morgan fingerprint density at radius 1 is 1.19 bits per heavy atom. The van der Waals surface area contributed by atoms with Crippen LogP contribution >= 0.6 is 0 Å². The van der Waals surface area contributed by atoms with E-state index in [1.165, 1.54) is 37.3 Å². The third kappa shape index (κ3) is 6.22. The van der Waals surface area contributed by atoms with Crippen LogP contribution in [0, 0.1) is 17.0 Å². The highest BCUT2D eigenvalue weighted by Gasteiger charge is 2.44. The maximum atomic E-state index is 13.1. The summed E-state index contributed by atoms with van der Waals surface area (Å²) < 4.78 is 54.8. The molecule has 0 spiro atoms. The number of para-hydroxylation sites is 2. The van der Waals surface area contributed by atoms with Crippen molar-refractivity contribution in [2.24, 2.45) is 5.10 Å². The molecule has 13 heteroatoms. The van der Waals surface area contributed by atoms with E-state index < -0.39 is 40.7 Å². The summed E-state index contributed by atoms with van der Waals surface area (Å²) in [5.74, 6) is -3.47. The van der Waals surface area contributed by atoms with Crippen LogP contribution in [0.1, 0.15) is 11.1 Å². The van der Waals surface area contributed by atoms with Gasteiger partial charge in [0, 0.05) is 17.2 Å². The van der Waals surface area contributed by atoms with Crippen molar-refractivity contribution in [1.82, 2.24) is 5.43 Å². The molecule has 9 nitrogen and oxygen atoms in total. The first-order chi connectivity index (χ1) is 14.5. The Morgan fingerprint density at radius 3 is 2.52 bits per heavy atom. The van der Waals surface area contributed by atoms with E-state index in [-0.39, 0.29) is 11.3 Å². The normalized spacial score (nSPS) is 11.4. The molecule has 0 saturated heterocycles. The highest BCUT2D eigenvalue weighted by Crippen LogP contribution is 2.32. The van der Waals surface area contributed by atoms with Gasteiger partial charge in [-0.1, -0.05) is 24.3 Å². The van der Waals surface area contributed by atoms with Crippen LogP contribution < -0.4 is 15.5 Å². The monoisotopic (exact) mass is 442 g/mol. The number of carbonyl (C=O) groups is 2. The number of nitrogens with one attached hydrogen (secondary N) is 2. The number of hydrogen-bond donors (Lipinski definition) is 2. The van der Waals surface area contributed by atoms with Crippen molar-refractivity contribution < 1.29 is 36.8 Å². The first-order valence-corrected chi connectivity index (χ1v) is 8.34. The number of amides is 2. The van der Waals surface area contributed by atoms with Crippen LogP contribution in [0.15, 0.2) is 47.6 Å². The van der Waals surface area contributed by atoms with Crippen molar-refractivity contribution in [1.29, 1.82) is 0 Å². The Bertz CT molecular complexity index is 1030. The molecule has 0 aliphatic rings. The minimum absolute atomic E-state index is 0.176. The number of hydrogen-bond acceptors (Lipinski definition) is 6. The number of aryl methyl sites for hydroxylation is 1. The molecular formula is C18H14F4N4O5. The van der Waals surface area contributed by atoms with Gasteiger partial charge in [-0.3, -0.25) is 19.7 Å². The highest BCUT2D eigenvalue weighted by molar-refractivity contribution is 6.39. The number of carbonyl (C=O) groups excluding carboxylic acids is 2. The Kier molecular flexibility index (Phi) is 7.24. The van der Waals surface area contributed by atoms with E-state index in [1.807, 2.05) is 10.7 Å². The number of ether oxygens (including phenoxy) is 1. The van der Waals surface area contributed by atoms with Crippen molar-refractivity contribution in [2.45, 2.75) is 19.5 Å². The van der Waals surface area contributed by atoms with E-state index in [1.54, 1.807) is 0 Å². The van der Waals surface area contributed by atoms with Crippen molar-refractivity contribution in [2.75, 3.05) is 5.32 Å². The molecule has 2 aromatic rings. The second-order valence-corrected chi connectivity index (χ2v) is 5.92. The standard InChI is InChI=1S/C18H14F4N4O5/c1-10-6-7-11(8-13(10)26(29)30)9-23-25-16(28)15(27)24-12-4-2-3-5-14(12)31-18(21,22)17(19)20/h2-9,17H,1H3,(H,24,27)(H,25,28)/b23-9-. The van der Waals surface area contributed by atoms with E-state index in [2.05, 4.69) is 9.84 Å². The number of anilines is 1. The van der Waals surface area contributed by atoms with Gasteiger partial charge in [0.25, 0.3) is 5.69 Å². The van der Waals surface area contributed by atoms with Gasteiger partial charge >= 0.3 is 24.3 Å². The molecule has 0 saturated carbocycles. The van der Waals surface area contributed by atoms with Crippen molar-refractivity contribution in [3.8, 4) is 5.75 Å². The zero-order valence-electron chi connectivity index (χ0n) is 15.6. The number of rotatable bonds is 7. The summed E-state index contributed by atoms with van der Waals surface area (Å²) in [5, 5.41) is 16.3. The predicted molar refractivity (Wildman–Crippen MR) is 100 cm³/mol. The largest absolute Gasteiger partial charge is 0.461 e. The molecule has 0 aliphatic heterocycles. The summed E-state index contributed by atoms with van der Waals surface area (Å²) in [5.41, 5.74) is 1.87. The summed E-state index contributed by atoms with van der Waals surface area (Å²) in [6.07, 6.45) is -7.89. The van der Waals surface area contributed by atoms with Crippen LogP contribution in [0.3, 0.4) is 0 Å². The number of hydrazone groups is 1. The van der Waals surface area contributed by atoms with Gasteiger partial charge in [0.05, 0.1) is 16.8 Å². The fraction of sp³-hybridized carbons (Fsp3) is 0.167. The smallest absolute Gasteiger partial charge is 0.426 e. The first kappa shape index (κ1) is 23.3. The summed E-state index contributed by atoms with van der Waals surface area (Å²) in [4.78, 5) is 34.0. The Morgan fingerprint density at radius 2 is 1.87 bits per heavy atom. The highest BCUT2D eigenvalue weighted by atomic mass is 19.3. The van der Waals surface area contributed by atoms with Crippen molar-refractivity contribution >= 4 is 29.4 Å². The maximum Gasteiger partial charge on any atom is 0.461 e. The molecule has 0 fully saturated rings. The molecule has 2 aromatic carbocycles. The van der Waals surface area contributed by atoms with Gasteiger partial charge in [-0.25, -0.2) is 5.43 Å². The average Bonchev–Trinajstić information content (AvgIpc) is 2.70. The average molecular weight is 442 g/mol. The lowest BCUT2D eigenvalue weighted by atomic mass is 10.1. The number of nitro groups is 1. The summed E-state index contributed by atoms with van der Waals surface area (Å²) in [7, 11) is 0. The molecule has 0 atom stereocenters. The van der Waals surface area contributed by atoms with Crippen LogP contribution in [0.25, 0.3) is 0 Å². The van der Waals surface area contributed by atoms with Gasteiger partial charge in [-0.2, -0.15) is 22.7 Å². The molecule has 0 radical (unpaired) electrons. The topological polar surface area (TPSA) is 123 Å². The molecule has 2 rings (SSSR count). The molecule has 0 heterocycles. The molecule has 164 valence electrons. The van der Waals surface area contributed by atoms with Crippen LogP contribution in [0.5, 0.6) is 5.75 Å². The maximum absolute atomic E-state index is 13.1. The Balaban J connectivity index is 2.04. The summed E-state index contributed by atoms with van der Waals surface area (Å²) >= 11 is 0. The molecular weight excluding hydrogens is 428 g/mol. The molecule has 0 aromatic heterocycles. The van der Waals surface area contributed by atoms with Gasteiger partial charge in [-0.05, 0) is 19.1 Å². The number of nitro benzene ring substituents is 1. The van der Waals surface area contributed by atoms with Crippen LogP contribution in [-0.2, 0) is 9.59 Å². The van der Waals surface area contributed by atoms with Crippen LogP contribution in [-0.4, -0.2) is 35.5 Å². The van der Waals surface area contributed by atoms with Gasteiger partial charge in [-0.15, -0.1) is 0 Å². The van der Waals surface area contributed by atoms with Gasteiger partial charge in [0.15, 0.2) is 0 Å². The third-order valence-electron chi connectivity index (χ3n) is 3.65. The van der Waals surface area contributed by atoms with Gasteiger partial charge < -0.3 is 10.1 Å². The minimum Gasteiger partial charge on any atom is -0.426 e. The second-order valence-electron chi connectivity index (χ2n) is 5.92. The second kappa shape index (κ2) is 9.65. The van der Waals surface area contributed by atoms with E-state index in [4.69, 9.17) is 0 Å². The van der Waals surface area contributed by atoms with E-state index in [9.17, 15) is 37.3 Å². The Hall–Kier alpha value is -4.03. The molecule has 0 unspecified atom stereocenters. The zero-order chi connectivity index (χ0) is 23.2. The number of halogens is 4. The number of alkyl halides is 4. The fourth-order valence-electron chi connectivity index (χ4n) is 2.15. The third-order valence-corrected chi connectivity index (χ3v) is 3.65. The lowest BCUT2D eigenvalue weighted by Gasteiger charge is -2.19. The molecule has 2 amide bonds. The van der Waals surface area contributed by atoms with Crippen molar-refractivity contribution in [3.05, 3.63) is 63.7 Å². The number of nitrogens with zero attached hydrogens (tertiary/aromatic N) is 2. The van der Waals surface area contributed by atoms with Crippen molar-refractivity contribution in [3.63, 3.8) is 0 Å².